The molecule has 2 aromatic rings. The summed E-state index contributed by atoms with van der Waals surface area (Å²) in [6.07, 6.45) is 1.78. The molecule has 0 radical (unpaired) electrons. The molecule has 0 fully saturated rings. The third-order valence-corrected chi connectivity index (χ3v) is 3.45. The SMILES string of the molecule is CC.Cc1ccnc(-c2ccc3c(c2)C(=O)N(C)CCO3)c1. The van der Waals surface area contributed by atoms with Crippen LogP contribution in [-0.2, 0) is 0 Å². The van der Waals surface area contributed by atoms with E-state index in [9.17, 15) is 4.79 Å². The maximum absolute atomic E-state index is 12.3. The second-order valence-corrected chi connectivity index (χ2v) is 5.00. The zero-order valence-electron chi connectivity index (χ0n) is 13.6. The molecule has 0 aliphatic carbocycles. The lowest BCUT2D eigenvalue weighted by molar-refractivity contribution is 0.0797. The minimum absolute atomic E-state index is 0.00740. The normalized spacial score (nSPS) is 13.5. The standard InChI is InChI=1S/C16H16N2O2.C2H6/c1-11-5-6-17-14(9-11)12-3-4-15-13(10-12)16(19)18(2)7-8-20-15;1-2/h3-6,9-10H,7-8H2,1-2H3;1-2H3. The maximum Gasteiger partial charge on any atom is 0.257 e. The molecule has 22 heavy (non-hydrogen) atoms. The molecule has 0 spiro atoms. The number of pyridine rings is 1. The van der Waals surface area contributed by atoms with Crippen molar-refractivity contribution in [1.29, 1.82) is 0 Å². The topological polar surface area (TPSA) is 42.4 Å². The average Bonchev–Trinajstić information content (AvgIpc) is 2.69. The summed E-state index contributed by atoms with van der Waals surface area (Å²) >= 11 is 0. The second kappa shape index (κ2) is 7.07. The summed E-state index contributed by atoms with van der Waals surface area (Å²) in [5, 5.41) is 0. The number of carbonyl (C=O) groups is 1. The third-order valence-electron chi connectivity index (χ3n) is 3.45. The Kier molecular flexibility index (Phi) is 5.15. The van der Waals surface area contributed by atoms with Crippen molar-refractivity contribution in [3.63, 3.8) is 0 Å². The van der Waals surface area contributed by atoms with E-state index >= 15 is 0 Å². The molecule has 0 atom stereocenters. The molecule has 1 aromatic carbocycles. The molecule has 1 aliphatic rings. The van der Waals surface area contributed by atoms with E-state index in [2.05, 4.69) is 4.98 Å². The molecule has 3 rings (SSSR count). The van der Waals surface area contributed by atoms with Gasteiger partial charge in [-0.25, -0.2) is 0 Å². The fourth-order valence-electron chi connectivity index (χ4n) is 2.28. The van der Waals surface area contributed by atoms with Crippen LogP contribution in [0.1, 0.15) is 29.8 Å². The molecule has 0 unspecified atom stereocenters. The van der Waals surface area contributed by atoms with E-state index in [0.29, 0.717) is 24.5 Å². The van der Waals surface area contributed by atoms with Crippen molar-refractivity contribution in [2.24, 2.45) is 0 Å². The van der Waals surface area contributed by atoms with Crippen LogP contribution in [0.25, 0.3) is 11.3 Å². The number of hydrogen-bond donors (Lipinski definition) is 0. The van der Waals surface area contributed by atoms with Gasteiger partial charge in [-0.05, 0) is 42.8 Å². The molecule has 1 amide bonds. The summed E-state index contributed by atoms with van der Waals surface area (Å²) in [6, 6.07) is 9.62. The highest BCUT2D eigenvalue weighted by atomic mass is 16.5. The fraction of sp³-hybridized carbons (Fsp3) is 0.333. The minimum atomic E-state index is -0.00740. The van der Waals surface area contributed by atoms with Crippen LogP contribution in [0.15, 0.2) is 36.5 Å². The zero-order valence-corrected chi connectivity index (χ0v) is 13.6. The van der Waals surface area contributed by atoms with Crippen LogP contribution in [0.3, 0.4) is 0 Å². The van der Waals surface area contributed by atoms with E-state index < -0.39 is 0 Å². The molecule has 4 nitrogen and oxygen atoms in total. The van der Waals surface area contributed by atoms with Gasteiger partial charge < -0.3 is 9.64 Å². The van der Waals surface area contributed by atoms with Crippen LogP contribution in [-0.4, -0.2) is 36.0 Å². The number of aromatic nitrogens is 1. The quantitative estimate of drug-likeness (QED) is 0.808. The first-order valence-corrected chi connectivity index (χ1v) is 7.60. The summed E-state index contributed by atoms with van der Waals surface area (Å²) in [5.74, 6) is 0.641. The Morgan fingerprint density at radius 2 is 1.95 bits per heavy atom. The van der Waals surface area contributed by atoms with Gasteiger partial charge >= 0.3 is 0 Å². The number of ether oxygens (including phenoxy) is 1. The Hall–Kier alpha value is -2.36. The maximum atomic E-state index is 12.3. The number of benzene rings is 1. The molecule has 0 bridgehead atoms. The Balaban J connectivity index is 0.000000847. The van der Waals surface area contributed by atoms with Crippen LogP contribution >= 0.6 is 0 Å². The van der Waals surface area contributed by atoms with Crippen LogP contribution < -0.4 is 4.74 Å². The van der Waals surface area contributed by atoms with E-state index in [1.54, 1.807) is 18.1 Å². The van der Waals surface area contributed by atoms with E-state index in [0.717, 1.165) is 16.8 Å². The lowest BCUT2D eigenvalue weighted by atomic mass is 10.0. The van der Waals surface area contributed by atoms with Crippen LogP contribution in [0.2, 0.25) is 0 Å². The largest absolute Gasteiger partial charge is 0.491 e. The number of likely N-dealkylation sites (N-methyl/N-ethyl adjacent to an activating group) is 1. The number of aryl methyl sites for hydroxylation is 1. The summed E-state index contributed by atoms with van der Waals surface area (Å²) in [5.41, 5.74) is 3.54. The van der Waals surface area contributed by atoms with Crippen molar-refractivity contribution < 1.29 is 9.53 Å². The first-order valence-electron chi connectivity index (χ1n) is 7.60. The van der Waals surface area contributed by atoms with Crippen LogP contribution in [0.5, 0.6) is 5.75 Å². The van der Waals surface area contributed by atoms with E-state index in [4.69, 9.17) is 4.74 Å². The van der Waals surface area contributed by atoms with Crippen molar-refractivity contribution in [3.8, 4) is 17.0 Å². The van der Waals surface area contributed by atoms with Gasteiger partial charge in [0.25, 0.3) is 5.91 Å². The van der Waals surface area contributed by atoms with Gasteiger partial charge in [0.2, 0.25) is 0 Å². The Bertz CT molecular complexity index is 668. The average molecular weight is 298 g/mol. The van der Waals surface area contributed by atoms with Gasteiger partial charge in [0.15, 0.2) is 0 Å². The zero-order chi connectivity index (χ0) is 16.1. The van der Waals surface area contributed by atoms with Crippen molar-refractivity contribution in [3.05, 3.63) is 47.7 Å². The highest BCUT2D eigenvalue weighted by molar-refractivity contribution is 5.98. The minimum Gasteiger partial charge on any atom is -0.491 e. The third kappa shape index (κ3) is 3.27. The number of amides is 1. The number of hydrogen-bond acceptors (Lipinski definition) is 3. The van der Waals surface area contributed by atoms with Gasteiger partial charge in [-0.15, -0.1) is 0 Å². The predicted octanol–water partition coefficient (Wildman–Crippen LogP) is 3.55. The first kappa shape index (κ1) is 16.0. The van der Waals surface area contributed by atoms with Crippen LogP contribution in [0, 0.1) is 6.92 Å². The molecule has 116 valence electrons. The van der Waals surface area contributed by atoms with Gasteiger partial charge in [0, 0.05) is 18.8 Å². The molecule has 0 N–H and O–H groups in total. The van der Waals surface area contributed by atoms with Gasteiger partial charge in [0.05, 0.1) is 17.8 Å². The Morgan fingerprint density at radius 3 is 2.68 bits per heavy atom. The second-order valence-electron chi connectivity index (χ2n) is 5.00. The monoisotopic (exact) mass is 298 g/mol. The van der Waals surface area contributed by atoms with Gasteiger partial charge in [0.1, 0.15) is 12.4 Å². The summed E-state index contributed by atoms with van der Waals surface area (Å²) in [6.45, 7) is 7.15. The number of fused-ring (bicyclic) bond motifs is 1. The van der Waals surface area contributed by atoms with Crippen molar-refractivity contribution in [2.45, 2.75) is 20.8 Å². The molecular formula is C18H22N2O2. The van der Waals surface area contributed by atoms with Gasteiger partial charge in [-0.3, -0.25) is 9.78 Å². The van der Waals surface area contributed by atoms with Gasteiger partial charge in [-0.2, -0.15) is 0 Å². The lowest BCUT2D eigenvalue weighted by Gasteiger charge is -2.13. The number of nitrogens with zero attached hydrogens (tertiary/aromatic N) is 2. The molecular weight excluding hydrogens is 276 g/mol. The first-order chi connectivity index (χ1) is 10.6. The molecule has 0 saturated heterocycles. The Morgan fingerprint density at radius 1 is 1.18 bits per heavy atom. The fourth-order valence-corrected chi connectivity index (χ4v) is 2.28. The van der Waals surface area contributed by atoms with Crippen molar-refractivity contribution >= 4 is 5.91 Å². The molecule has 4 heteroatoms. The predicted molar refractivity (Wildman–Crippen MR) is 88.2 cm³/mol. The van der Waals surface area contributed by atoms with Crippen LogP contribution in [0.4, 0.5) is 0 Å². The number of carbonyl (C=O) groups excluding carboxylic acids is 1. The summed E-state index contributed by atoms with van der Waals surface area (Å²) < 4.78 is 5.62. The molecule has 0 saturated carbocycles. The van der Waals surface area contributed by atoms with Gasteiger partial charge in [-0.1, -0.05) is 13.8 Å². The molecule has 1 aliphatic heterocycles. The van der Waals surface area contributed by atoms with Crippen molar-refractivity contribution in [1.82, 2.24) is 9.88 Å². The highest BCUT2D eigenvalue weighted by Crippen LogP contribution is 2.28. The molecule has 1 aromatic heterocycles. The number of rotatable bonds is 1. The summed E-state index contributed by atoms with van der Waals surface area (Å²) in [7, 11) is 1.79. The lowest BCUT2D eigenvalue weighted by Crippen LogP contribution is -2.27. The molecule has 2 heterocycles. The summed E-state index contributed by atoms with van der Waals surface area (Å²) in [4.78, 5) is 18.4. The van der Waals surface area contributed by atoms with E-state index in [1.807, 2.05) is 51.1 Å². The van der Waals surface area contributed by atoms with E-state index in [-0.39, 0.29) is 5.91 Å². The Labute approximate surface area is 131 Å². The smallest absolute Gasteiger partial charge is 0.257 e. The van der Waals surface area contributed by atoms with Crippen molar-refractivity contribution in [2.75, 3.05) is 20.2 Å². The van der Waals surface area contributed by atoms with E-state index in [1.165, 1.54) is 0 Å². The highest BCUT2D eigenvalue weighted by Gasteiger charge is 2.21.